The third-order valence-electron chi connectivity index (χ3n) is 3.39. The fraction of sp³-hybridized carbons (Fsp3) is 0.562. The van der Waals surface area contributed by atoms with Gasteiger partial charge in [0.05, 0.1) is 5.56 Å². The highest BCUT2D eigenvalue weighted by atomic mass is 19.4. The molecule has 0 spiro atoms. The van der Waals surface area contributed by atoms with E-state index in [4.69, 9.17) is 0 Å². The van der Waals surface area contributed by atoms with Crippen LogP contribution in [-0.2, 0) is 17.4 Å². The van der Waals surface area contributed by atoms with Crippen LogP contribution >= 0.6 is 0 Å². The molecule has 112 valence electrons. The fourth-order valence-electron chi connectivity index (χ4n) is 2.32. The Kier molecular flexibility index (Phi) is 6.24. The molecule has 1 nitrogen and oxygen atoms in total. The first-order chi connectivity index (χ1) is 9.38. The minimum Gasteiger partial charge on any atom is -0.299 e. The van der Waals surface area contributed by atoms with Crippen LogP contribution in [0, 0.1) is 5.92 Å². The Morgan fingerprint density at radius 3 is 1.95 bits per heavy atom. The van der Waals surface area contributed by atoms with E-state index in [0.29, 0.717) is 5.56 Å². The topological polar surface area (TPSA) is 17.1 Å². The molecule has 0 aliphatic carbocycles. The lowest BCUT2D eigenvalue weighted by atomic mass is 9.90. The normalized spacial score (nSPS) is 11.9. The largest absolute Gasteiger partial charge is 0.416 e. The minimum atomic E-state index is -4.32. The number of carbonyl (C=O) groups excluding carboxylic acids is 1. The molecule has 0 N–H and O–H groups in total. The second-order valence-electron chi connectivity index (χ2n) is 5.11. The van der Waals surface area contributed by atoms with Gasteiger partial charge in [-0.1, -0.05) is 38.8 Å². The first-order valence-corrected chi connectivity index (χ1v) is 7.07. The summed E-state index contributed by atoms with van der Waals surface area (Å²) in [4.78, 5) is 12.2. The van der Waals surface area contributed by atoms with E-state index in [-0.39, 0.29) is 18.1 Å². The molecule has 0 heterocycles. The zero-order valence-electron chi connectivity index (χ0n) is 12.0. The third kappa shape index (κ3) is 4.99. The Morgan fingerprint density at radius 2 is 1.55 bits per heavy atom. The van der Waals surface area contributed by atoms with Gasteiger partial charge in [-0.05, 0) is 30.5 Å². The van der Waals surface area contributed by atoms with Gasteiger partial charge in [0.25, 0.3) is 0 Å². The van der Waals surface area contributed by atoms with Gasteiger partial charge in [-0.3, -0.25) is 4.79 Å². The van der Waals surface area contributed by atoms with Gasteiger partial charge in [-0.25, -0.2) is 0 Å². The summed E-state index contributed by atoms with van der Waals surface area (Å²) >= 11 is 0. The summed E-state index contributed by atoms with van der Waals surface area (Å²) in [6.45, 7) is 4.07. The first kappa shape index (κ1) is 16.7. The van der Waals surface area contributed by atoms with Crippen molar-refractivity contribution in [1.29, 1.82) is 0 Å². The van der Waals surface area contributed by atoms with Crippen LogP contribution in [0.4, 0.5) is 13.2 Å². The van der Waals surface area contributed by atoms with Crippen molar-refractivity contribution in [3.8, 4) is 0 Å². The Labute approximate surface area is 118 Å². The summed E-state index contributed by atoms with van der Waals surface area (Å²) in [5.41, 5.74) is -0.0208. The van der Waals surface area contributed by atoms with Crippen molar-refractivity contribution >= 4 is 5.78 Å². The van der Waals surface area contributed by atoms with Crippen LogP contribution in [0.5, 0.6) is 0 Å². The van der Waals surface area contributed by atoms with Gasteiger partial charge >= 0.3 is 6.18 Å². The van der Waals surface area contributed by atoms with Gasteiger partial charge in [0.1, 0.15) is 5.78 Å². The highest BCUT2D eigenvalue weighted by molar-refractivity contribution is 5.83. The van der Waals surface area contributed by atoms with Crippen molar-refractivity contribution in [2.24, 2.45) is 5.92 Å². The molecule has 0 aliphatic rings. The maximum atomic E-state index is 12.4. The van der Waals surface area contributed by atoms with E-state index < -0.39 is 11.7 Å². The lowest BCUT2D eigenvalue weighted by Gasteiger charge is -2.14. The predicted molar refractivity (Wildman–Crippen MR) is 73.5 cm³/mol. The number of halogens is 3. The predicted octanol–water partition coefficient (Wildman–Crippen LogP) is 5.03. The maximum absolute atomic E-state index is 12.4. The van der Waals surface area contributed by atoms with Gasteiger partial charge in [0.2, 0.25) is 0 Å². The summed E-state index contributed by atoms with van der Waals surface area (Å²) in [6, 6.07) is 4.87. The second kappa shape index (κ2) is 7.46. The van der Waals surface area contributed by atoms with E-state index in [0.717, 1.165) is 37.8 Å². The van der Waals surface area contributed by atoms with Crippen LogP contribution in [0.2, 0.25) is 0 Å². The SMILES string of the molecule is CCCC(CCC)C(=O)Cc1ccc(C(F)(F)F)cc1. The molecule has 4 heteroatoms. The van der Waals surface area contributed by atoms with Crippen molar-refractivity contribution in [2.75, 3.05) is 0 Å². The van der Waals surface area contributed by atoms with Gasteiger partial charge in [-0.15, -0.1) is 0 Å². The molecule has 0 fully saturated rings. The highest BCUT2D eigenvalue weighted by Crippen LogP contribution is 2.29. The monoisotopic (exact) mass is 286 g/mol. The van der Waals surface area contributed by atoms with Crippen molar-refractivity contribution in [3.05, 3.63) is 35.4 Å². The Balaban J connectivity index is 2.70. The molecular formula is C16H21F3O. The standard InChI is InChI=1S/C16H21F3O/c1-3-5-13(6-4-2)15(20)11-12-7-9-14(10-8-12)16(17,18)19/h7-10,13H,3-6,11H2,1-2H3. The molecule has 0 saturated heterocycles. The number of ketones is 1. The van der Waals surface area contributed by atoms with Gasteiger partial charge in [-0.2, -0.15) is 13.2 Å². The summed E-state index contributed by atoms with van der Waals surface area (Å²) in [6.07, 6.45) is -0.494. The molecule has 20 heavy (non-hydrogen) atoms. The lowest BCUT2D eigenvalue weighted by molar-refractivity contribution is -0.137. The zero-order valence-corrected chi connectivity index (χ0v) is 12.0. The quantitative estimate of drug-likeness (QED) is 0.686. The van der Waals surface area contributed by atoms with Crippen molar-refractivity contribution in [2.45, 2.75) is 52.1 Å². The number of rotatable bonds is 7. The Bertz CT molecular complexity index is 414. The van der Waals surface area contributed by atoms with Crippen LogP contribution in [0.15, 0.2) is 24.3 Å². The molecule has 0 aliphatic heterocycles. The number of hydrogen-bond donors (Lipinski definition) is 0. The summed E-state index contributed by atoms with van der Waals surface area (Å²) in [7, 11) is 0. The molecule has 0 unspecified atom stereocenters. The van der Waals surface area contributed by atoms with E-state index in [9.17, 15) is 18.0 Å². The molecule has 1 rings (SSSR count). The molecule has 0 radical (unpaired) electrons. The molecule has 1 aromatic carbocycles. The number of Topliss-reactive ketones (excluding diaryl/α,β-unsaturated/α-hetero) is 1. The molecule has 0 saturated carbocycles. The van der Waals surface area contributed by atoms with Crippen LogP contribution in [-0.4, -0.2) is 5.78 Å². The van der Waals surface area contributed by atoms with Gasteiger partial charge < -0.3 is 0 Å². The Hall–Kier alpha value is -1.32. The zero-order chi connectivity index (χ0) is 15.2. The maximum Gasteiger partial charge on any atom is 0.416 e. The van der Waals surface area contributed by atoms with E-state index in [2.05, 4.69) is 0 Å². The van der Waals surface area contributed by atoms with E-state index in [1.807, 2.05) is 13.8 Å². The molecule has 1 aromatic rings. The molecule has 0 bridgehead atoms. The van der Waals surface area contributed by atoms with Gasteiger partial charge in [0.15, 0.2) is 0 Å². The number of hydrogen-bond acceptors (Lipinski definition) is 1. The Morgan fingerprint density at radius 1 is 1.05 bits per heavy atom. The van der Waals surface area contributed by atoms with Crippen LogP contribution < -0.4 is 0 Å². The third-order valence-corrected chi connectivity index (χ3v) is 3.39. The van der Waals surface area contributed by atoms with Crippen LogP contribution in [0.1, 0.15) is 50.7 Å². The molecule has 0 atom stereocenters. The minimum absolute atomic E-state index is 0.0345. The van der Waals surface area contributed by atoms with E-state index in [1.165, 1.54) is 12.1 Å². The smallest absolute Gasteiger partial charge is 0.299 e. The average Bonchev–Trinajstić information content (AvgIpc) is 2.38. The van der Waals surface area contributed by atoms with Crippen molar-refractivity contribution in [3.63, 3.8) is 0 Å². The average molecular weight is 286 g/mol. The number of carbonyl (C=O) groups is 1. The fourth-order valence-corrected chi connectivity index (χ4v) is 2.32. The van der Waals surface area contributed by atoms with E-state index in [1.54, 1.807) is 0 Å². The summed E-state index contributed by atoms with van der Waals surface area (Å²) in [5.74, 6) is 0.167. The molecule has 0 amide bonds. The summed E-state index contributed by atoms with van der Waals surface area (Å²) < 4.78 is 37.3. The number of benzene rings is 1. The van der Waals surface area contributed by atoms with Crippen molar-refractivity contribution in [1.82, 2.24) is 0 Å². The number of alkyl halides is 3. The highest BCUT2D eigenvalue weighted by Gasteiger charge is 2.30. The van der Waals surface area contributed by atoms with Gasteiger partial charge in [0, 0.05) is 12.3 Å². The van der Waals surface area contributed by atoms with Crippen molar-refractivity contribution < 1.29 is 18.0 Å². The van der Waals surface area contributed by atoms with Crippen LogP contribution in [0.3, 0.4) is 0 Å². The summed E-state index contributed by atoms with van der Waals surface area (Å²) in [5, 5.41) is 0. The van der Waals surface area contributed by atoms with E-state index >= 15 is 0 Å². The molecule has 0 aromatic heterocycles. The first-order valence-electron chi connectivity index (χ1n) is 7.07. The second-order valence-corrected chi connectivity index (χ2v) is 5.11. The molecular weight excluding hydrogens is 265 g/mol. The lowest BCUT2D eigenvalue weighted by Crippen LogP contribution is -2.17. The van der Waals surface area contributed by atoms with Crippen LogP contribution in [0.25, 0.3) is 0 Å².